The van der Waals surface area contributed by atoms with Gasteiger partial charge in [0.2, 0.25) is 0 Å². The van der Waals surface area contributed by atoms with Gasteiger partial charge in [-0.25, -0.2) is 0 Å². The molecule has 1 aromatic carbocycles. The van der Waals surface area contributed by atoms with Crippen molar-refractivity contribution in [3.63, 3.8) is 0 Å². The quantitative estimate of drug-likeness (QED) is 0.792. The fourth-order valence-corrected chi connectivity index (χ4v) is 1.70. The van der Waals surface area contributed by atoms with Crippen molar-refractivity contribution < 1.29 is 9.53 Å². The second-order valence-electron chi connectivity index (χ2n) is 4.00. The van der Waals surface area contributed by atoms with Gasteiger partial charge in [-0.1, -0.05) is 12.1 Å². The molecule has 5 nitrogen and oxygen atoms in total. The number of carbonyl (C=O) groups excluding carboxylic acids is 1. The highest BCUT2D eigenvalue weighted by Crippen LogP contribution is 2.24. The van der Waals surface area contributed by atoms with Crippen LogP contribution in [0.25, 0.3) is 0 Å². The summed E-state index contributed by atoms with van der Waals surface area (Å²) in [6, 6.07) is 10.7. The molecule has 0 fully saturated rings. The molecular formula is C14H15N3O2. The lowest BCUT2D eigenvalue weighted by Gasteiger charge is -2.10. The maximum absolute atomic E-state index is 11.1. The molecule has 4 N–H and O–H groups in total. The number of amides is 1. The third kappa shape index (κ3) is 3.22. The summed E-state index contributed by atoms with van der Waals surface area (Å²) in [5, 5.41) is 0. The molecule has 0 saturated carbocycles. The SMILES string of the molecule is NC(=O)c1cccc(OCCc2ccccn2)c1N. The fraction of sp³-hybridized carbons (Fsp3) is 0.143. The minimum atomic E-state index is -0.562. The first kappa shape index (κ1) is 12.9. The predicted octanol–water partition coefficient (Wildman–Crippen LogP) is 1.38. The Morgan fingerprint density at radius 3 is 2.74 bits per heavy atom. The Morgan fingerprint density at radius 2 is 2.05 bits per heavy atom. The number of anilines is 1. The number of nitrogen functional groups attached to an aromatic ring is 1. The van der Waals surface area contributed by atoms with Gasteiger partial charge in [-0.05, 0) is 24.3 Å². The molecule has 1 aromatic heterocycles. The van der Waals surface area contributed by atoms with Crippen LogP contribution in [-0.4, -0.2) is 17.5 Å². The second-order valence-corrected chi connectivity index (χ2v) is 4.00. The van der Waals surface area contributed by atoms with Gasteiger partial charge in [-0.15, -0.1) is 0 Å². The first-order chi connectivity index (χ1) is 9.18. The fourth-order valence-electron chi connectivity index (χ4n) is 1.70. The largest absolute Gasteiger partial charge is 0.491 e. The number of aromatic nitrogens is 1. The molecule has 1 amide bonds. The van der Waals surface area contributed by atoms with E-state index in [-0.39, 0.29) is 11.3 Å². The summed E-state index contributed by atoms with van der Waals surface area (Å²) < 4.78 is 5.56. The summed E-state index contributed by atoms with van der Waals surface area (Å²) in [6.07, 6.45) is 2.40. The smallest absolute Gasteiger partial charge is 0.250 e. The highest BCUT2D eigenvalue weighted by molar-refractivity contribution is 5.99. The van der Waals surface area contributed by atoms with Gasteiger partial charge in [0.15, 0.2) is 0 Å². The van der Waals surface area contributed by atoms with Gasteiger partial charge in [0.25, 0.3) is 5.91 Å². The third-order valence-electron chi connectivity index (χ3n) is 2.67. The van der Waals surface area contributed by atoms with E-state index in [1.165, 1.54) is 0 Å². The number of nitrogens with zero attached hydrogens (tertiary/aromatic N) is 1. The molecule has 98 valence electrons. The van der Waals surface area contributed by atoms with Crippen molar-refractivity contribution in [1.82, 2.24) is 4.98 Å². The lowest BCUT2D eigenvalue weighted by Crippen LogP contribution is -2.14. The average molecular weight is 257 g/mol. The lowest BCUT2D eigenvalue weighted by molar-refractivity contribution is 0.100. The van der Waals surface area contributed by atoms with Crippen molar-refractivity contribution in [2.24, 2.45) is 5.73 Å². The van der Waals surface area contributed by atoms with Gasteiger partial charge in [-0.2, -0.15) is 0 Å². The van der Waals surface area contributed by atoms with Crippen LogP contribution in [0.15, 0.2) is 42.6 Å². The number of ether oxygens (including phenoxy) is 1. The number of pyridine rings is 1. The van der Waals surface area contributed by atoms with E-state index in [4.69, 9.17) is 16.2 Å². The van der Waals surface area contributed by atoms with Crippen LogP contribution in [0.4, 0.5) is 5.69 Å². The lowest BCUT2D eigenvalue weighted by atomic mass is 10.1. The van der Waals surface area contributed by atoms with Gasteiger partial charge in [0.05, 0.1) is 17.9 Å². The Labute approximate surface area is 111 Å². The summed E-state index contributed by atoms with van der Waals surface area (Å²) in [4.78, 5) is 15.3. The van der Waals surface area contributed by atoms with E-state index in [1.54, 1.807) is 24.4 Å². The zero-order valence-electron chi connectivity index (χ0n) is 10.4. The van der Waals surface area contributed by atoms with E-state index < -0.39 is 5.91 Å². The van der Waals surface area contributed by atoms with Crippen molar-refractivity contribution >= 4 is 11.6 Å². The number of rotatable bonds is 5. The number of hydrogen-bond acceptors (Lipinski definition) is 4. The van der Waals surface area contributed by atoms with Gasteiger partial charge in [0, 0.05) is 18.3 Å². The molecule has 1 heterocycles. The van der Waals surface area contributed by atoms with Gasteiger partial charge >= 0.3 is 0 Å². The van der Waals surface area contributed by atoms with Crippen LogP contribution in [0.3, 0.4) is 0 Å². The molecule has 0 aliphatic heterocycles. The van der Waals surface area contributed by atoms with E-state index in [0.717, 1.165) is 5.69 Å². The van der Waals surface area contributed by atoms with Crippen LogP contribution in [0.1, 0.15) is 16.1 Å². The summed E-state index contributed by atoms with van der Waals surface area (Å²) in [5.74, 6) is -0.0973. The van der Waals surface area contributed by atoms with Gasteiger partial charge in [-0.3, -0.25) is 9.78 Å². The molecule has 0 radical (unpaired) electrons. The molecule has 0 unspecified atom stereocenters. The Morgan fingerprint density at radius 1 is 1.21 bits per heavy atom. The Bertz CT molecular complexity index is 570. The molecule has 2 aromatic rings. The number of primary amides is 1. The maximum atomic E-state index is 11.1. The van der Waals surface area contributed by atoms with E-state index in [0.29, 0.717) is 18.8 Å². The van der Waals surface area contributed by atoms with E-state index in [9.17, 15) is 4.79 Å². The summed E-state index contributed by atoms with van der Waals surface area (Å²) in [6.45, 7) is 0.434. The molecule has 0 saturated heterocycles. The summed E-state index contributed by atoms with van der Waals surface area (Å²) in [5.41, 5.74) is 12.5. The molecular weight excluding hydrogens is 242 g/mol. The van der Waals surface area contributed by atoms with Crippen LogP contribution in [-0.2, 0) is 6.42 Å². The molecule has 5 heteroatoms. The molecule has 0 bridgehead atoms. The van der Waals surface area contributed by atoms with E-state index >= 15 is 0 Å². The first-order valence-electron chi connectivity index (χ1n) is 5.89. The van der Waals surface area contributed by atoms with Crippen molar-refractivity contribution in [1.29, 1.82) is 0 Å². The molecule has 0 aliphatic carbocycles. The monoisotopic (exact) mass is 257 g/mol. The zero-order valence-corrected chi connectivity index (χ0v) is 10.4. The minimum absolute atomic E-state index is 0.273. The average Bonchev–Trinajstić information content (AvgIpc) is 2.41. The Hall–Kier alpha value is -2.56. The molecule has 0 spiro atoms. The molecule has 0 atom stereocenters. The number of para-hydroxylation sites is 1. The number of nitrogens with two attached hydrogens (primary N) is 2. The van der Waals surface area contributed by atoms with E-state index in [1.807, 2.05) is 18.2 Å². The predicted molar refractivity (Wildman–Crippen MR) is 72.8 cm³/mol. The van der Waals surface area contributed by atoms with Crippen molar-refractivity contribution in [2.75, 3.05) is 12.3 Å². The van der Waals surface area contributed by atoms with Crippen LogP contribution >= 0.6 is 0 Å². The van der Waals surface area contributed by atoms with Gasteiger partial charge < -0.3 is 16.2 Å². The first-order valence-corrected chi connectivity index (χ1v) is 5.89. The number of benzene rings is 1. The van der Waals surface area contributed by atoms with Crippen LogP contribution in [0, 0.1) is 0 Å². The summed E-state index contributed by atoms with van der Waals surface area (Å²) >= 11 is 0. The second kappa shape index (κ2) is 5.86. The van der Waals surface area contributed by atoms with Crippen molar-refractivity contribution in [3.05, 3.63) is 53.9 Å². The van der Waals surface area contributed by atoms with E-state index in [2.05, 4.69) is 4.98 Å². The minimum Gasteiger partial charge on any atom is -0.491 e. The zero-order chi connectivity index (χ0) is 13.7. The standard InChI is InChI=1S/C14H15N3O2/c15-13-11(14(16)18)5-3-6-12(13)19-9-7-10-4-1-2-8-17-10/h1-6,8H,7,9,15H2,(H2,16,18). The highest BCUT2D eigenvalue weighted by atomic mass is 16.5. The third-order valence-corrected chi connectivity index (χ3v) is 2.67. The normalized spacial score (nSPS) is 10.1. The Balaban J connectivity index is 2.00. The van der Waals surface area contributed by atoms with Crippen LogP contribution in [0.5, 0.6) is 5.75 Å². The van der Waals surface area contributed by atoms with Gasteiger partial charge in [0.1, 0.15) is 5.75 Å². The number of hydrogen-bond donors (Lipinski definition) is 2. The molecule has 0 aliphatic rings. The Kier molecular flexibility index (Phi) is 3.97. The molecule has 2 rings (SSSR count). The van der Waals surface area contributed by atoms with Crippen LogP contribution < -0.4 is 16.2 Å². The number of carbonyl (C=O) groups is 1. The van der Waals surface area contributed by atoms with Crippen molar-refractivity contribution in [3.8, 4) is 5.75 Å². The van der Waals surface area contributed by atoms with Crippen LogP contribution in [0.2, 0.25) is 0 Å². The highest BCUT2D eigenvalue weighted by Gasteiger charge is 2.10. The molecule has 19 heavy (non-hydrogen) atoms. The van der Waals surface area contributed by atoms with Crippen molar-refractivity contribution in [2.45, 2.75) is 6.42 Å². The maximum Gasteiger partial charge on any atom is 0.250 e. The topological polar surface area (TPSA) is 91.2 Å². The summed E-state index contributed by atoms with van der Waals surface area (Å²) in [7, 11) is 0.